The number of hydrogen-bond acceptors (Lipinski definition) is 2. The van der Waals surface area contributed by atoms with Crippen LogP contribution in [0.15, 0.2) is 6.20 Å². The molecule has 0 aromatic carbocycles. The maximum absolute atomic E-state index is 4.58. The molecule has 13 heavy (non-hydrogen) atoms. The highest BCUT2D eigenvalue weighted by atomic mass is 15.1. The summed E-state index contributed by atoms with van der Waals surface area (Å²) in [6.45, 7) is 4.33. The van der Waals surface area contributed by atoms with Crippen molar-refractivity contribution in [2.24, 2.45) is 5.92 Å². The van der Waals surface area contributed by atoms with Gasteiger partial charge in [0.05, 0.1) is 5.69 Å². The van der Waals surface area contributed by atoms with E-state index < -0.39 is 0 Å². The van der Waals surface area contributed by atoms with Crippen molar-refractivity contribution in [2.75, 3.05) is 7.05 Å². The molecule has 0 fully saturated rings. The lowest BCUT2D eigenvalue weighted by atomic mass is 10.0. The van der Waals surface area contributed by atoms with Crippen molar-refractivity contribution in [1.82, 2.24) is 14.9 Å². The van der Waals surface area contributed by atoms with Crippen molar-refractivity contribution in [3.8, 4) is 0 Å². The minimum Gasteiger partial charge on any atom is -0.334 e. The molecule has 72 valence electrons. The number of imidazole rings is 1. The van der Waals surface area contributed by atoms with Gasteiger partial charge in [-0.2, -0.15) is 0 Å². The third-order valence-corrected chi connectivity index (χ3v) is 2.64. The van der Waals surface area contributed by atoms with Gasteiger partial charge in [-0.15, -0.1) is 0 Å². The van der Waals surface area contributed by atoms with Crippen LogP contribution in [0.3, 0.4) is 0 Å². The highest BCUT2D eigenvalue weighted by Gasteiger charge is 2.16. The topological polar surface area (TPSA) is 29.9 Å². The Morgan fingerprint density at radius 1 is 1.69 bits per heavy atom. The maximum Gasteiger partial charge on any atom is 0.109 e. The lowest BCUT2D eigenvalue weighted by Crippen LogP contribution is -2.17. The average molecular weight is 179 g/mol. The van der Waals surface area contributed by atoms with Crippen LogP contribution in [-0.4, -0.2) is 16.6 Å². The lowest BCUT2D eigenvalue weighted by Gasteiger charge is -2.19. The van der Waals surface area contributed by atoms with E-state index >= 15 is 0 Å². The zero-order valence-electron chi connectivity index (χ0n) is 8.38. The van der Waals surface area contributed by atoms with E-state index in [0.29, 0.717) is 0 Å². The molecule has 1 N–H and O–H groups in total. The number of rotatable bonds is 2. The van der Waals surface area contributed by atoms with Crippen molar-refractivity contribution in [1.29, 1.82) is 0 Å². The minimum absolute atomic E-state index is 0.809. The molecule has 0 saturated heterocycles. The monoisotopic (exact) mass is 179 g/mol. The van der Waals surface area contributed by atoms with E-state index in [1.807, 2.05) is 7.05 Å². The van der Waals surface area contributed by atoms with Crippen molar-refractivity contribution in [3.63, 3.8) is 0 Å². The number of fused-ring (bicyclic) bond motifs is 1. The molecule has 0 bridgehead atoms. The third-order valence-electron chi connectivity index (χ3n) is 2.64. The first kappa shape index (κ1) is 8.75. The molecular formula is C10H17N3. The van der Waals surface area contributed by atoms with Crippen molar-refractivity contribution >= 4 is 0 Å². The maximum atomic E-state index is 4.58. The number of nitrogens with one attached hydrogen (secondary N) is 1. The molecule has 1 aromatic heterocycles. The highest BCUT2D eigenvalue weighted by Crippen LogP contribution is 2.19. The third kappa shape index (κ3) is 1.75. The van der Waals surface area contributed by atoms with E-state index in [1.54, 1.807) is 0 Å². The van der Waals surface area contributed by atoms with Gasteiger partial charge in [0.15, 0.2) is 0 Å². The summed E-state index contributed by atoms with van der Waals surface area (Å²) in [7, 11) is 1.96. The fourth-order valence-electron chi connectivity index (χ4n) is 1.94. The predicted molar refractivity (Wildman–Crippen MR) is 52.5 cm³/mol. The first-order valence-electron chi connectivity index (χ1n) is 4.99. The molecule has 1 aliphatic heterocycles. The number of nitrogens with zero attached hydrogens (tertiary/aromatic N) is 2. The first-order valence-corrected chi connectivity index (χ1v) is 4.99. The van der Waals surface area contributed by atoms with Gasteiger partial charge in [0, 0.05) is 25.7 Å². The fraction of sp³-hybridized carbons (Fsp3) is 0.700. The van der Waals surface area contributed by atoms with Crippen molar-refractivity contribution < 1.29 is 0 Å². The van der Waals surface area contributed by atoms with Gasteiger partial charge in [-0.25, -0.2) is 4.98 Å². The van der Waals surface area contributed by atoms with Gasteiger partial charge >= 0.3 is 0 Å². The number of hydrogen-bond donors (Lipinski definition) is 1. The van der Waals surface area contributed by atoms with Crippen LogP contribution in [-0.2, 0) is 19.5 Å². The molecule has 0 saturated carbocycles. The Labute approximate surface area is 79.2 Å². The van der Waals surface area contributed by atoms with Gasteiger partial charge in [0.2, 0.25) is 0 Å². The van der Waals surface area contributed by atoms with Crippen LogP contribution >= 0.6 is 0 Å². The smallest absolute Gasteiger partial charge is 0.109 e. The Bertz CT molecular complexity index is 290. The van der Waals surface area contributed by atoms with E-state index in [1.165, 1.54) is 17.9 Å². The minimum atomic E-state index is 0.809. The summed E-state index contributed by atoms with van der Waals surface area (Å²) in [5.41, 5.74) is 1.17. The summed E-state index contributed by atoms with van der Waals surface area (Å²) in [6, 6.07) is 0. The zero-order chi connectivity index (χ0) is 9.26. The van der Waals surface area contributed by atoms with E-state index in [4.69, 9.17) is 0 Å². The molecular weight excluding hydrogens is 162 g/mol. The van der Waals surface area contributed by atoms with Gasteiger partial charge in [0.1, 0.15) is 5.82 Å². The van der Waals surface area contributed by atoms with Crippen LogP contribution in [0.25, 0.3) is 0 Å². The van der Waals surface area contributed by atoms with E-state index in [-0.39, 0.29) is 0 Å². The van der Waals surface area contributed by atoms with Crippen LogP contribution in [0.5, 0.6) is 0 Å². The molecule has 1 aromatic rings. The molecule has 2 rings (SSSR count). The van der Waals surface area contributed by atoms with Crippen LogP contribution in [0, 0.1) is 5.92 Å². The standard InChI is InChI=1S/C10H17N3/c1-8-3-4-10-12-9(5-11-2)7-13(10)6-8/h7-8,11H,3-6H2,1-2H3. The molecule has 1 atom stereocenters. The molecule has 0 spiro atoms. The molecule has 2 heterocycles. The van der Waals surface area contributed by atoms with Gasteiger partial charge in [-0.1, -0.05) is 6.92 Å². The zero-order valence-corrected chi connectivity index (χ0v) is 8.38. The largest absolute Gasteiger partial charge is 0.334 e. The van der Waals surface area contributed by atoms with Crippen molar-refractivity contribution in [2.45, 2.75) is 32.9 Å². The summed E-state index contributed by atoms with van der Waals surface area (Å²) in [4.78, 5) is 4.58. The van der Waals surface area contributed by atoms with Crippen LogP contribution in [0.2, 0.25) is 0 Å². The summed E-state index contributed by atoms with van der Waals surface area (Å²) < 4.78 is 2.31. The summed E-state index contributed by atoms with van der Waals surface area (Å²) in [5, 5.41) is 3.13. The predicted octanol–water partition coefficient (Wildman–Crippen LogP) is 1.18. The fourth-order valence-corrected chi connectivity index (χ4v) is 1.94. The molecule has 1 aliphatic rings. The summed E-state index contributed by atoms with van der Waals surface area (Å²) in [5.74, 6) is 2.08. The lowest BCUT2D eigenvalue weighted by molar-refractivity contribution is 0.394. The Hall–Kier alpha value is -0.830. The van der Waals surface area contributed by atoms with Gasteiger partial charge < -0.3 is 9.88 Å². The quantitative estimate of drug-likeness (QED) is 0.739. The Morgan fingerprint density at radius 2 is 2.54 bits per heavy atom. The molecule has 1 unspecified atom stereocenters. The van der Waals surface area contributed by atoms with E-state index in [9.17, 15) is 0 Å². The SMILES string of the molecule is CNCc1cn2c(n1)CCC(C)C2. The van der Waals surface area contributed by atoms with Gasteiger partial charge in [-0.05, 0) is 19.4 Å². The molecule has 3 heteroatoms. The van der Waals surface area contributed by atoms with Crippen molar-refractivity contribution in [3.05, 3.63) is 17.7 Å². The number of aryl methyl sites for hydroxylation is 1. The Balaban J connectivity index is 2.18. The molecule has 0 radical (unpaired) electrons. The molecule has 0 aliphatic carbocycles. The van der Waals surface area contributed by atoms with E-state index in [0.717, 1.165) is 25.4 Å². The normalized spacial score (nSPS) is 21.5. The Kier molecular flexibility index (Phi) is 2.36. The van der Waals surface area contributed by atoms with Gasteiger partial charge in [0.25, 0.3) is 0 Å². The Morgan fingerprint density at radius 3 is 3.31 bits per heavy atom. The van der Waals surface area contributed by atoms with Crippen LogP contribution < -0.4 is 5.32 Å². The highest BCUT2D eigenvalue weighted by molar-refractivity contribution is 5.06. The first-order chi connectivity index (χ1) is 6.29. The molecule has 0 amide bonds. The average Bonchev–Trinajstić information content (AvgIpc) is 2.46. The van der Waals surface area contributed by atoms with Crippen LogP contribution in [0.1, 0.15) is 24.9 Å². The second kappa shape index (κ2) is 3.50. The van der Waals surface area contributed by atoms with Crippen LogP contribution in [0.4, 0.5) is 0 Å². The molecule has 3 nitrogen and oxygen atoms in total. The van der Waals surface area contributed by atoms with Gasteiger partial charge in [-0.3, -0.25) is 0 Å². The second-order valence-electron chi connectivity index (χ2n) is 3.98. The summed E-state index contributed by atoms with van der Waals surface area (Å²) >= 11 is 0. The summed E-state index contributed by atoms with van der Waals surface area (Å²) in [6.07, 6.45) is 4.61. The number of aromatic nitrogens is 2. The van der Waals surface area contributed by atoms with E-state index in [2.05, 4.69) is 28.0 Å². The second-order valence-corrected chi connectivity index (χ2v) is 3.98.